The molecule has 142 valence electrons. The summed E-state index contributed by atoms with van der Waals surface area (Å²) in [6.45, 7) is 1.59. The van der Waals surface area contributed by atoms with E-state index in [1.54, 1.807) is 4.90 Å². The van der Waals surface area contributed by atoms with Gasteiger partial charge >= 0.3 is 6.03 Å². The molecule has 5 nitrogen and oxygen atoms in total. The molecule has 0 radical (unpaired) electrons. The Kier molecular flexibility index (Phi) is 6.41. The Balaban J connectivity index is 1.47. The number of hydrogen-bond acceptors (Lipinski definition) is 2. The first-order chi connectivity index (χ1) is 13.1. The fourth-order valence-electron chi connectivity index (χ4n) is 3.23. The van der Waals surface area contributed by atoms with Gasteiger partial charge in [0, 0.05) is 25.3 Å². The molecule has 0 aromatic heterocycles. The van der Waals surface area contributed by atoms with E-state index in [0.717, 1.165) is 19.3 Å². The molecule has 0 spiro atoms. The van der Waals surface area contributed by atoms with Crippen LogP contribution in [0.5, 0.6) is 0 Å². The Morgan fingerprint density at radius 2 is 1.81 bits per heavy atom. The number of hydrogen-bond donors (Lipinski definition) is 2. The van der Waals surface area contributed by atoms with Gasteiger partial charge in [0.1, 0.15) is 5.82 Å². The molecular weight excluding hydrogens is 345 g/mol. The van der Waals surface area contributed by atoms with Crippen molar-refractivity contribution < 1.29 is 14.0 Å². The highest BCUT2D eigenvalue weighted by Gasteiger charge is 2.28. The molecule has 0 saturated carbocycles. The molecule has 27 heavy (non-hydrogen) atoms. The van der Waals surface area contributed by atoms with E-state index in [1.165, 1.54) is 29.8 Å². The number of carbonyl (C=O) groups excluding carboxylic acids is 2. The summed E-state index contributed by atoms with van der Waals surface area (Å²) in [6.07, 6.45) is 2.35. The standard InChI is InChI=1S/C21H24FN3O2/c22-18-8-10-19(11-9-18)24-21(27)25-14-4-7-17(15-25)20(26)23-13-12-16-5-2-1-3-6-16/h1-3,5-6,8-11,17H,4,7,12-15H2,(H,23,26)(H,24,27)/t17-/m0/s1. The maximum Gasteiger partial charge on any atom is 0.321 e. The summed E-state index contributed by atoms with van der Waals surface area (Å²) in [5.41, 5.74) is 1.72. The number of piperidine rings is 1. The van der Waals surface area contributed by atoms with Gasteiger partial charge in [0.05, 0.1) is 5.92 Å². The smallest absolute Gasteiger partial charge is 0.321 e. The molecule has 0 aliphatic carbocycles. The Morgan fingerprint density at radius 1 is 1.07 bits per heavy atom. The van der Waals surface area contributed by atoms with Crippen LogP contribution >= 0.6 is 0 Å². The monoisotopic (exact) mass is 369 g/mol. The topological polar surface area (TPSA) is 61.4 Å². The zero-order chi connectivity index (χ0) is 19.1. The van der Waals surface area contributed by atoms with Crippen LogP contribution in [0.3, 0.4) is 0 Å². The number of anilines is 1. The van der Waals surface area contributed by atoms with E-state index in [0.29, 0.717) is 25.3 Å². The van der Waals surface area contributed by atoms with E-state index in [1.807, 2.05) is 30.3 Å². The average molecular weight is 369 g/mol. The Bertz CT molecular complexity index is 765. The lowest BCUT2D eigenvalue weighted by Crippen LogP contribution is -2.47. The van der Waals surface area contributed by atoms with E-state index in [4.69, 9.17) is 0 Å². The van der Waals surface area contributed by atoms with Crippen molar-refractivity contribution in [2.45, 2.75) is 19.3 Å². The molecular formula is C21H24FN3O2. The highest BCUT2D eigenvalue weighted by molar-refractivity contribution is 5.90. The Morgan fingerprint density at radius 3 is 2.56 bits per heavy atom. The summed E-state index contributed by atoms with van der Waals surface area (Å²) in [5, 5.41) is 5.73. The van der Waals surface area contributed by atoms with Crippen LogP contribution in [0.4, 0.5) is 14.9 Å². The summed E-state index contributed by atoms with van der Waals surface area (Å²) in [7, 11) is 0. The number of rotatable bonds is 5. The number of nitrogens with zero attached hydrogens (tertiary/aromatic N) is 1. The molecule has 0 unspecified atom stereocenters. The van der Waals surface area contributed by atoms with Gasteiger partial charge in [-0.15, -0.1) is 0 Å². The maximum atomic E-state index is 13.0. The van der Waals surface area contributed by atoms with Gasteiger partial charge in [-0.05, 0) is 49.1 Å². The lowest BCUT2D eigenvalue weighted by atomic mass is 9.97. The van der Waals surface area contributed by atoms with Gasteiger partial charge in [-0.2, -0.15) is 0 Å². The molecule has 1 fully saturated rings. The van der Waals surface area contributed by atoms with Crippen LogP contribution in [-0.2, 0) is 11.2 Å². The number of halogens is 1. The van der Waals surface area contributed by atoms with E-state index < -0.39 is 0 Å². The van der Waals surface area contributed by atoms with Crippen molar-refractivity contribution in [2.75, 3.05) is 25.0 Å². The Labute approximate surface area is 158 Å². The van der Waals surface area contributed by atoms with Gasteiger partial charge in [0.15, 0.2) is 0 Å². The SMILES string of the molecule is O=C(NCCc1ccccc1)[C@H]1CCCN(C(=O)Nc2ccc(F)cc2)C1. The van der Waals surface area contributed by atoms with Crippen molar-refractivity contribution in [2.24, 2.45) is 5.92 Å². The zero-order valence-electron chi connectivity index (χ0n) is 15.2. The molecule has 3 rings (SSSR count). The molecule has 1 aliphatic rings. The van der Waals surface area contributed by atoms with Crippen LogP contribution in [0.15, 0.2) is 54.6 Å². The minimum Gasteiger partial charge on any atom is -0.355 e. The average Bonchev–Trinajstić information content (AvgIpc) is 2.70. The largest absolute Gasteiger partial charge is 0.355 e. The normalized spacial score (nSPS) is 16.6. The molecule has 1 heterocycles. The number of urea groups is 1. The summed E-state index contributed by atoms with van der Waals surface area (Å²) in [5.74, 6) is -0.558. The number of benzene rings is 2. The minimum atomic E-state index is -0.349. The van der Waals surface area contributed by atoms with Crippen molar-refractivity contribution >= 4 is 17.6 Å². The third-order valence-corrected chi connectivity index (χ3v) is 4.73. The van der Waals surface area contributed by atoms with E-state index in [2.05, 4.69) is 10.6 Å². The van der Waals surface area contributed by atoms with Gasteiger partial charge in [-0.25, -0.2) is 9.18 Å². The summed E-state index contributed by atoms with van der Waals surface area (Å²) < 4.78 is 13.0. The first-order valence-corrected chi connectivity index (χ1v) is 9.25. The van der Waals surface area contributed by atoms with Gasteiger partial charge in [-0.1, -0.05) is 30.3 Å². The molecule has 1 saturated heterocycles. The van der Waals surface area contributed by atoms with Crippen molar-refractivity contribution in [3.8, 4) is 0 Å². The number of amides is 3. The lowest BCUT2D eigenvalue weighted by molar-refractivity contribution is -0.126. The van der Waals surface area contributed by atoms with Crippen molar-refractivity contribution in [3.63, 3.8) is 0 Å². The highest BCUT2D eigenvalue weighted by atomic mass is 19.1. The number of nitrogens with one attached hydrogen (secondary N) is 2. The summed E-state index contributed by atoms with van der Waals surface area (Å²) in [4.78, 5) is 26.5. The first-order valence-electron chi connectivity index (χ1n) is 9.25. The van der Waals surface area contributed by atoms with Gasteiger partial charge < -0.3 is 15.5 Å². The second kappa shape index (κ2) is 9.16. The van der Waals surface area contributed by atoms with Crippen LogP contribution in [0.1, 0.15) is 18.4 Å². The molecule has 2 aromatic rings. The van der Waals surface area contributed by atoms with E-state index in [-0.39, 0.29) is 23.7 Å². The predicted molar refractivity (Wildman–Crippen MR) is 103 cm³/mol. The second-order valence-electron chi connectivity index (χ2n) is 6.75. The number of carbonyl (C=O) groups is 2. The molecule has 6 heteroatoms. The Hall–Kier alpha value is -2.89. The van der Waals surface area contributed by atoms with Crippen molar-refractivity contribution in [1.29, 1.82) is 0 Å². The first kappa shape index (κ1) is 18.9. The third kappa shape index (κ3) is 5.54. The zero-order valence-corrected chi connectivity index (χ0v) is 15.2. The predicted octanol–water partition coefficient (Wildman–Crippen LogP) is 3.43. The van der Waals surface area contributed by atoms with Crippen molar-refractivity contribution in [3.05, 3.63) is 66.0 Å². The quantitative estimate of drug-likeness (QED) is 0.848. The van der Waals surface area contributed by atoms with E-state index in [9.17, 15) is 14.0 Å². The fourth-order valence-corrected chi connectivity index (χ4v) is 3.23. The van der Waals surface area contributed by atoms with E-state index >= 15 is 0 Å². The van der Waals surface area contributed by atoms with Gasteiger partial charge in [0.2, 0.25) is 5.91 Å². The maximum absolute atomic E-state index is 13.0. The molecule has 1 aliphatic heterocycles. The molecule has 1 atom stereocenters. The minimum absolute atomic E-state index is 0.00906. The van der Waals surface area contributed by atoms with Gasteiger partial charge in [-0.3, -0.25) is 4.79 Å². The molecule has 2 aromatic carbocycles. The molecule has 3 amide bonds. The van der Waals surface area contributed by atoms with Crippen LogP contribution in [0, 0.1) is 11.7 Å². The molecule has 0 bridgehead atoms. The van der Waals surface area contributed by atoms with Crippen LogP contribution < -0.4 is 10.6 Å². The third-order valence-electron chi connectivity index (χ3n) is 4.73. The number of likely N-dealkylation sites (tertiary alicyclic amines) is 1. The van der Waals surface area contributed by atoms with Gasteiger partial charge in [0.25, 0.3) is 0 Å². The molecule has 2 N–H and O–H groups in total. The highest BCUT2D eigenvalue weighted by Crippen LogP contribution is 2.18. The second-order valence-corrected chi connectivity index (χ2v) is 6.75. The van der Waals surface area contributed by atoms with Crippen molar-refractivity contribution in [1.82, 2.24) is 10.2 Å². The van der Waals surface area contributed by atoms with Crippen LogP contribution in [-0.4, -0.2) is 36.5 Å². The van der Waals surface area contributed by atoms with Crippen LogP contribution in [0.2, 0.25) is 0 Å². The summed E-state index contributed by atoms with van der Waals surface area (Å²) >= 11 is 0. The summed E-state index contributed by atoms with van der Waals surface area (Å²) in [6, 6.07) is 15.4. The lowest BCUT2D eigenvalue weighted by Gasteiger charge is -2.32. The fraction of sp³-hybridized carbons (Fsp3) is 0.333. The van der Waals surface area contributed by atoms with Crippen LogP contribution in [0.25, 0.3) is 0 Å².